The van der Waals surface area contributed by atoms with E-state index in [1.54, 1.807) is 0 Å². The number of esters is 2. The van der Waals surface area contributed by atoms with E-state index >= 15 is 0 Å². The van der Waals surface area contributed by atoms with Crippen molar-refractivity contribution >= 4 is 25.7 Å². The molecule has 0 saturated heterocycles. The second-order valence-electron chi connectivity index (χ2n) is 15.2. The number of nitrogens with two attached hydrogens (primary N) is 1. The van der Waals surface area contributed by atoms with Crippen molar-refractivity contribution in [2.24, 2.45) is 5.73 Å². The first-order chi connectivity index (χ1) is 26.6. The summed E-state index contributed by atoms with van der Waals surface area (Å²) >= 11 is 0. The van der Waals surface area contributed by atoms with E-state index in [0.717, 1.165) is 38.5 Å². The minimum absolute atomic E-state index is 0.163. The molecule has 0 aliphatic heterocycles. The van der Waals surface area contributed by atoms with Crippen LogP contribution >= 0.6 is 7.82 Å². The molecule has 55 heavy (non-hydrogen) atoms. The molecule has 1 unspecified atom stereocenters. The molecule has 0 bridgehead atoms. The van der Waals surface area contributed by atoms with Crippen LogP contribution in [0.4, 0.5) is 0 Å². The zero-order chi connectivity index (χ0) is 40.7. The van der Waals surface area contributed by atoms with E-state index in [2.05, 4.69) is 30.5 Å². The summed E-state index contributed by atoms with van der Waals surface area (Å²) in [5, 5.41) is 8.88. The lowest BCUT2D eigenvalue weighted by atomic mass is 10.0. The van der Waals surface area contributed by atoms with Crippen molar-refractivity contribution < 1.29 is 47.5 Å². The van der Waals surface area contributed by atoms with Crippen LogP contribution in [-0.4, -0.2) is 59.9 Å². The molecule has 0 fully saturated rings. The Labute approximate surface area is 335 Å². The van der Waals surface area contributed by atoms with Crippen molar-refractivity contribution in [3.8, 4) is 0 Å². The smallest absolute Gasteiger partial charge is 0.472 e. The fraction of sp³-hybridized carbons (Fsp3) is 0.884. The summed E-state index contributed by atoms with van der Waals surface area (Å²) in [5.41, 5.74) is 5.33. The van der Waals surface area contributed by atoms with Gasteiger partial charge in [-0.2, -0.15) is 0 Å². The van der Waals surface area contributed by atoms with Crippen LogP contribution in [0.3, 0.4) is 0 Å². The minimum Gasteiger partial charge on any atom is -0.480 e. The summed E-state index contributed by atoms with van der Waals surface area (Å²) in [6.45, 7) is 2.81. The first-order valence-corrected chi connectivity index (χ1v) is 23.7. The molecule has 0 rings (SSSR count). The number of carboxylic acid groups (broad SMARTS) is 1. The van der Waals surface area contributed by atoms with Gasteiger partial charge in [0.2, 0.25) is 0 Å². The van der Waals surface area contributed by atoms with Crippen molar-refractivity contribution in [1.82, 2.24) is 0 Å². The normalized spacial score (nSPS) is 13.8. The summed E-state index contributed by atoms with van der Waals surface area (Å²) < 4.78 is 32.7. The van der Waals surface area contributed by atoms with E-state index in [0.29, 0.717) is 12.8 Å². The van der Waals surface area contributed by atoms with Crippen LogP contribution in [-0.2, 0) is 37.5 Å². The fourth-order valence-electron chi connectivity index (χ4n) is 6.24. The van der Waals surface area contributed by atoms with Gasteiger partial charge in [0, 0.05) is 12.8 Å². The number of unbranched alkanes of at least 4 members (excludes halogenated alkanes) is 26. The summed E-state index contributed by atoms with van der Waals surface area (Å²) in [6, 6.07) is -1.52. The van der Waals surface area contributed by atoms with Crippen LogP contribution in [0.15, 0.2) is 12.2 Å². The summed E-state index contributed by atoms with van der Waals surface area (Å²) in [7, 11) is -4.71. The highest BCUT2D eigenvalue weighted by molar-refractivity contribution is 7.47. The Balaban J connectivity index is 4.30. The second-order valence-corrected chi connectivity index (χ2v) is 16.6. The van der Waals surface area contributed by atoms with Crippen LogP contribution in [0.25, 0.3) is 0 Å². The summed E-state index contributed by atoms with van der Waals surface area (Å²) in [4.78, 5) is 45.9. The molecule has 0 amide bonds. The van der Waals surface area contributed by atoms with Gasteiger partial charge >= 0.3 is 25.7 Å². The average Bonchev–Trinajstić information content (AvgIpc) is 3.16. The van der Waals surface area contributed by atoms with Crippen molar-refractivity contribution in [3.63, 3.8) is 0 Å². The molecule has 0 saturated carbocycles. The van der Waals surface area contributed by atoms with Gasteiger partial charge in [-0.1, -0.05) is 174 Å². The molecule has 0 aliphatic rings. The lowest BCUT2D eigenvalue weighted by Crippen LogP contribution is -2.34. The first-order valence-electron chi connectivity index (χ1n) is 22.2. The summed E-state index contributed by atoms with van der Waals surface area (Å²) in [6.07, 6.45) is 38.4. The Morgan fingerprint density at radius 2 is 0.909 bits per heavy atom. The predicted molar refractivity (Wildman–Crippen MR) is 222 cm³/mol. The summed E-state index contributed by atoms with van der Waals surface area (Å²) in [5.74, 6) is -2.37. The maximum absolute atomic E-state index is 12.6. The minimum atomic E-state index is -4.71. The van der Waals surface area contributed by atoms with Gasteiger partial charge in [0.15, 0.2) is 6.10 Å². The number of carboxylic acids is 1. The molecule has 3 atom stereocenters. The van der Waals surface area contributed by atoms with E-state index in [-0.39, 0.29) is 19.4 Å². The number of rotatable bonds is 42. The molecular formula is C43H82NO10P. The molecule has 0 aromatic carbocycles. The molecule has 4 N–H and O–H groups in total. The number of carbonyl (C=O) groups excluding carboxylic acids is 2. The van der Waals surface area contributed by atoms with Crippen LogP contribution in [0.5, 0.6) is 0 Å². The Bertz CT molecular complexity index is 995. The number of carbonyl (C=O) groups is 3. The van der Waals surface area contributed by atoms with Crippen LogP contribution in [0.1, 0.15) is 213 Å². The van der Waals surface area contributed by atoms with E-state index in [1.165, 1.54) is 135 Å². The zero-order valence-electron chi connectivity index (χ0n) is 35.0. The maximum atomic E-state index is 12.6. The Morgan fingerprint density at radius 1 is 0.545 bits per heavy atom. The zero-order valence-corrected chi connectivity index (χ0v) is 35.9. The van der Waals surface area contributed by atoms with Gasteiger partial charge in [0.05, 0.1) is 13.2 Å². The van der Waals surface area contributed by atoms with Crippen LogP contribution in [0, 0.1) is 0 Å². The largest absolute Gasteiger partial charge is 0.480 e. The van der Waals surface area contributed by atoms with Gasteiger partial charge in [0.25, 0.3) is 0 Å². The molecule has 324 valence electrons. The highest BCUT2D eigenvalue weighted by Crippen LogP contribution is 2.43. The number of ether oxygens (including phenoxy) is 2. The number of phosphoric ester groups is 1. The van der Waals surface area contributed by atoms with E-state index in [9.17, 15) is 23.8 Å². The number of allylic oxidation sites excluding steroid dienone is 2. The van der Waals surface area contributed by atoms with Gasteiger partial charge in [-0.15, -0.1) is 0 Å². The Hall–Kier alpha value is -1.78. The molecule has 0 aliphatic carbocycles. The first kappa shape index (κ1) is 53.2. The third-order valence-electron chi connectivity index (χ3n) is 9.76. The van der Waals surface area contributed by atoms with Gasteiger partial charge in [-0.25, -0.2) is 4.57 Å². The molecule has 0 aromatic rings. The number of hydrogen-bond donors (Lipinski definition) is 3. The molecule has 0 radical (unpaired) electrons. The van der Waals surface area contributed by atoms with Crippen molar-refractivity contribution in [3.05, 3.63) is 12.2 Å². The van der Waals surface area contributed by atoms with E-state index < -0.39 is 51.1 Å². The standard InChI is InChI=1S/C43H82NO10P/c1-3-5-7-9-11-13-15-17-18-19-20-21-22-23-25-27-29-31-33-35-42(46)54-39(37-52-55(49,50)53-38-40(44)43(47)48)36-51-41(45)34-32-30-28-26-24-16-14-12-10-8-6-4-2/h17-18,39-40H,3-16,19-38,44H2,1-2H3,(H,47,48)(H,49,50)/b18-17+/t39-,40-/m0/s1. The third-order valence-corrected chi connectivity index (χ3v) is 10.7. The Morgan fingerprint density at radius 3 is 1.33 bits per heavy atom. The highest BCUT2D eigenvalue weighted by Gasteiger charge is 2.28. The van der Waals surface area contributed by atoms with Crippen molar-refractivity contribution in [2.75, 3.05) is 19.8 Å². The lowest BCUT2D eigenvalue weighted by molar-refractivity contribution is -0.161. The van der Waals surface area contributed by atoms with E-state index in [1.807, 2.05) is 0 Å². The van der Waals surface area contributed by atoms with Gasteiger partial charge < -0.3 is 25.2 Å². The van der Waals surface area contributed by atoms with Crippen LogP contribution in [0.2, 0.25) is 0 Å². The monoisotopic (exact) mass is 804 g/mol. The molecule has 0 aromatic heterocycles. The Kier molecular flexibility index (Phi) is 37.8. The SMILES string of the molecule is CCCCCCCC/C=C/CCCCCCCCCCCC(=O)O[C@@H](COC(=O)CCCCCCCCCCCCCC)COP(=O)(O)OC[C@H](N)C(=O)O. The number of hydrogen-bond acceptors (Lipinski definition) is 9. The molecule has 0 spiro atoms. The average molecular weight is 804 g/mol. The predicted octanol–water partition coefficient (Wildman–Crippen LogP) is 11.7. The van der Waals surface area contributed by atoms with Gasteiger partial charge in [0.1, 0.15) is 12.6 Å². The molecular weight excluding hydrogens is 721 g/mol. The molecule has 11 nitrogen and oxygen atoms in total. The fourth-order valence-corrected chi connectivity index (χ4v) is 7.02. The lowest BCUT2D eigenvalue weighted by Gasteiger charge is -2.20. The molecule has 0 heterocycles. The molecule has 12 heteroatoms. The van der Waals surface area contributed by atoms with Crippen molar-refractivity contribution in [1.29, 1.82) is 0 Å². The quantitative estimate of drug-likeness (QED) is 0.0232. The second kappa shape index (κ2) is 39.1. The topological polar surface area (TPSA) is 172 Å². The maximum Gasteiger partial charge on any atom is 0.472 e. The highest BCUT2D eigenvalue weighted by atomic mass is 31.2. The third kappa shape index (κ3) is 38.9. The van der Waals surface area contributed by atoms with Gasteiger partial charge in [-0.05, 0) is 38.5 Å². The van der Waals surface area contributed by atoms with Crippen LogP contribution < -0.4 is 5.73 Å². The number of aliphatic carboxylic acids is 1. The van der Waals surface area contributed by atoms with E-state index in [4.69, 9.17) is 24.8 Å². The number of phosphoric acid groups is 1. The van der Waals surface area contributed by atoms with Crippen molar-refractivity contribution in [2.45, 2.75) is 225 Å². The van der Waals surface area contributed by atoms with Gasteiger partial charge in [-0.3, -0.25) is 23.4 Å².